The van der Waals surface area contributed by atoms with Crippen molar-refractivity contribution in [2.45, 2.75) is 39.2 Å². The molecule has 0 aliphatic carbocycles. The molecule has 0 radical (unpaired) electrons. The van der Waals surface area contributed by atoms with E-state index in [0.717, 1.165) is 31.4 Å². The lowest BCUT2D eigenvalue weighted by Gasteiger charge is -2.28. The van der Waals surface area contributed by atoms with Crippen LogP contribution in [0.5, 0.6) is 0 Å². The third-order valence-electron chi connectivity index (χ3n) is 3.85. The molecule has 1 saturated heterocycles. The highest BCUT2D eigenvalue weighted by Gasteiger charge is 2.16. The van der Waals surface area contributed by atoms with Gasteiger partial charge in [0.15, 0.2) is 0 Å². The number of likely N-dealkylation sites (tertiary alicyclic amines) is 1. The van der Waals surface area contributed by atoms with E-state index >= 15 is 0 Å². The zero-order valence-corrected chi connectivity index (χ0v) is 11.7. The molecule has 1 aliphatic rings. The van der Waals surface area contributed by atoms with Gasteiger partial charge in [0, 0.05) is 25.5 Å². The Morgan fingerprint density at radius 2 is 2.17 bits per heavy atom. The minimum Gasteiger partial charge on any atom is -0.356 e. The van der Waals surface area contributed by atoms with Crippen molar-refractivity contribution in [2.75, 3.05) is 32.0 Å². The molecule has 0 amide bonds. The Balaban J connectivity index is 1.70. The van der Waals surface area contributed by atoms with Gasteiger partial charge in [0.2, 0.25) is 5.95 Å². The predicted molar refractivity (Wildman–Crippen MR) is 75.8 cm³/mol. The Kier molecular flexibility index (Phi) is 5.05. The Labute approximate surface area is 110 Å². The maximum absolute atomic E-state index is 4.37. The number of hydrogen-bond acceptors (Lipinski definition) is 3. The Hall–Kier alpha value is -1.03. The van der Waals surface area contributed by atoms with Gasteiger partial charge in [-0.15, -0.1) is 0 Å². The van der Waals surface area contributed by atoms with Gasteiger partial charge in [-0.2, -0.15) is 0 Å². The molecule has 1 aromatic heterocycles. The second-order valence-corrected chi connectivity index (χ2v) is 5.41. The van der Waals surface area contributed by atoms with E-state index < -0.39 is 0 Å². The van der Waals surface area contributed by atoms with Crippen LogP contribution in [0, 0.1) is 5.92 Å². The first kappa shape index (κ1) is 13.4. The van der Waals surface area contributed by atoms with Crippen LogP contribution in [0.1, 0.15) is 32.6 Å². The van der Waals surface area contributed by atoms with Crippen molar-refractivity contribution in [1.29, 1.82) is 0 Å². The van der Waals surface area contributed by atoms with Gasteiger partial charge >= 0.3 is 0 Å². The van der Waals surface area contributed by atoms with E-state index in [1.54, 1.807) is 0 Å². The van der Waals surface area contributed by atoms with E-state index in [9.17, 15) is 0 Å². The molecule has 4 heteroatoms. The van der Waals surface area contributed by atoms with Gasteiger partial charge < -0.3 is 14.8 Å². The summed E-state index contributed by atoms with van der Waals surface area (Å²) in [5.74, 6) is 1.92. The second-order valence-electron chi connectivity index (χ2n) is 5.41. The fourth-order valence-electron chi connectivity index (χ4n) is 2.64. The van der Waals surface area contributed by atoms with Gasteiger partial charge in [-0.05, 0) is 51.7 Å². The normalized spacial score (nSPS) is 18.1. The molecule has 18 heavy (non-hydrogen) atoms. The van der Waals surface area contributed by atoms with E-state index in [0.29, 0.717) is 0 Å². The van der Waals surface area contributed by atoms with Crippen molar-refractivity contribution < 1.29 is 0 Å². The molecule has 1 N–H and O–H groups in total. The second kappa shape index (κ2) is 6.78. The quantitative estimate of drug-likeness (QED) is 0.842. The Bertz CT molecular complexity index is 339. The molecule has 102 valence electrons. The Morgan fingerprint density at radius 1 is 1.39 bits per heavy atom. The zero-order valence-electron chi connectivity index (χ0n) is 11.7. The van der Waals surface area contributed by atoms with Crippen LogP contribution < -0.4 is 5.32 Å². The molecule has 1 aliphatic heterocycles. The van der Waals surface area contributed by atoms with Crippen LogP contribution in [0.4, 0.5) is 5.95 Å². The average molecular weight is 250 g/mol. The molecule has 0 atom stereocenters. The van der Waals surface area contributed by atoms with Crippen LogP contribution >= 0.6 is 0 Å². The summed E-state index contributed by atoms with van der Waals surface area (Å²) in [6, 6.07) is 0. The lowest BCUT2D eigenvalue weighted by molar-refractivity contribution is 0.215. The fourth-order valence-corrected chi connectivity index (χ4v) is 2.64. The highest BCUT2D eigenvalue weighted by Crippen LogP contribution is 2.19. The van der Waals surface area contributed by atoms with E-state index in [-0.39, 0.29) is 0 Å². The number of aryl methyl sites for hydroxylation is 1. The van der Waals surface area contributed by atoms with Crippen molar-refractivity contribution in [2.24, 2.45) is 5.92 Å². The monoisotopic (exact) mass is 250 g/mol. The highest BCUT2D eigenvalue weighted by atomic mass is 15.2. The summed E-state index contributed by atoms with van der Waals surface area (Å²) in [4.78, 5) is 6.80. The number of anilines is 1. The first-order valence-corrected chi connectivity index (χ1v) is 7.23. The highest BCUT2D eigenvalue weighted by molar-refractivity contribution is 5.25. The van der Waals surface area contributed by atoms with Crippen molar-refractivity contribution in [1.82, 2.24) is 14.5 Å². The molecule has 2 heterocycles. The van der Waals surface area contributed by atoms with Crippen LogP contribution in [0.2, 0.25) is 0 Å². The molecule has 1 aromatic rings. The molecule has 4 nitrogen and oxygen atoms in total. The van der Waals surface area contributed by atoms with Crippen molar-refractivity contribution >= 4 is 5.95 Å². The van der Waals surface area contributed by atoms with Gasteiger partial charge in [-0.3, -0.25) is 0 Å². The first-order chi connectivity index (χ1) is 8.79. The van der Waals surface area contributed by atoms with Gasteiger partial charge in [0.05, 0.1) is 0 Å². The van der Waals surface area contributed by atoms with E-state index in [1.165, 1.54) is 32.4 Å². The summed E-state index contributed by atoms with van der Waals surface area (Å²) in [7, 11) is 2.22. The summed E-state index contributed by atoms with van der Waals surface area (Å²) >= 11 is 0. The molecule has 1 fully saturated rings. The van der Waals surface area contributed by atoms with Crippen LogP contribution in [0.15, 0.2) is 12.4 Å². The summed E-state index contributed by atoms with van der Waals surface area (Å²) in [5.41, 5.74) is 0. The molecule has 0 spiro atoms. The van der Waals surface area contributed by atoms with Crippen LogP contribution in [0.25, 0.3) is 0 Å². The maximum atomic E-state index is 4.37. The number of nitrogens with zero attached hydrogens (tertiary/aromatic N) is 3. The minimum atomic E-state index is 0.892. The summed E-state index contributed by atoms with van der Waals surface area (Å²) in [6.07, 6.45) is 9.06. The number of nitrogens with one attached hydrogen (secondary N) is 1. The SMILES string of the molecule is CCCn1ccnc1NCCC1CCN(C)CC1. The standard InChI is InChI=1S/C14H26N4/c1-3-9-18-12-8-16-14(18)15-7-4-13-5-10-17(2)11-6-13/h8,12-13H,3-7,9-11H2,1-2H3,(H,15,16). The third-order valence-corrected chi connectivity index (χ3v) is 3.85. The van der Waals surface area contributed by atoms with Crippen molar-refractivity contribution in [3.05, 3.63) is 12.4 Å². The lowest BCUT2D eigenvalue weighted by Crippen LogP contribution is -2.31. The number of piperidine rings is 1. The van der Waals surface area contributed by atoms with Crippen LogP contribution in [0.3, 0.4) is 0 Å². The summed E-state index contributed by atoms with van der Waals surface area (Å²) < 4.78 is 2.20. The molecular formula is C14H26N4. The zero-order chi connectivity index (χ0) is 12.8. The lowest BCUT2D eigenvalue weighted by atomic mass is 9.94. The van der Waals surface area contributed by atoms with Gasteiger partial charge in [-0.1, -0.05) is 6.92 Å². The molecule has 0 aromatic carbocycles. The van der Waals surface area contributed by atoms with Crippen molar-refractivity contribution in [3.63, 3.8) is 0 Å². The summed E-state index contributed by atoms with van der Waals surface area (Å²) in [5, 5.41) is 3.47. The maximum Gasteiger partial charge on any atom is 0.202 e. The van der Waals surface area contributed by atoms with Crippen LogP contribution in [-0.2, 0) is 6.54 Å². The molecular weight excluding hydrogens is 224 g/mol. The van der Waals surface area contributed by atoms with Crippen LogP contribution in [-0.4, -0.2) is 41.1 Å². The fraction of sp³-hybridized carbons (Fsp3) is 0.786. The Morgan fingerprint density at radius 3 is 2.89 bits per heavy atom. The first-order valence-electron chi connectivity index (χ1n) is 7.23. The summed E-state index contributed by atoms with van der Waals surface area (Å²) in [6.45, 7) is 6.82. The van der Waals surface area contributed by atoms with Gasteiger partial charge in [0.1, 0.15) is 0 Å². The topological polar surface area (TPSA) is 33.1 Å². The van der Waals surface area contributed by atoms with E-state index in [2.05, 4.69) is 39.9 Å². The number of hydrogen-bond donors (Lipinski definition) is 1. The number of rotatable bonds is 6. The molecule has 2 rings (SSSR count). The van der Waals surface area contributed by atoms with Gasteiger partial charge in [0.25, 0.3) is 0 Å². The van der Waals surface area contributed by atoms with E-state index in [4.69, 9.17) is 0 Å². The molecule has 0 bridgehead atoms. The molecule has 0 unspecified atom stereocenters. The van der Waals surface area contributed by atoms with E-state index in [1.807, 2.05) is 6.20 Å². The average Bonchev–Trinajstić information content (AvgIpc) is 2.80. The van der Waals surface area contributed by atoms with Crippen molar-refractivity contribution in [3.8, 4) is 0 Å². The molecule has 0 saturated carbocycles. The third kappa shape index (κ3) is 3.73. The number of imidazole rings is 1. The number of aromatic nitrogens is 2. The van der Waals surface area contributed by atoms with Gasteiger partial charge in [-0.25, -0.2) is 4.98 Å². The largest absolute Gasteiger partial charge is 0.356 e. The smallest absolute Gasteiger partial charge is 0.202 e. The predicted octanol–water partition coefficient (Wildman–Crippen LogP) is 2.44. The minimum absolute atomic E-state index is 0.892.